The van der Waals surface area contributed by atoms with Crippen molar-refractivity contribution in [2.45, 2.75) is 12.5 Å². The Morgan fingerprint density at radius 2 is 2.14 bits per heavy atom. The van der Waals surface area contributed by atoms with Crippen LogP contribution in [-0.4, -0.2) is 46.1 Å². The molecule has 1 fully saturated rings. The second-order valence-corrected chi connectivity index (χ2v) is 5.73. The minimum absolute atomic E-state index is 0.318. The van der Waals surface area contributed by atoms with Crippen LogP contribution >= 0.6 is 11.8 Å². The minimum Gasteiger partial charge on any atom is -0.480 e. The number of carboxylic acid groups (broad SMARTS) is 1. The number of rotatable bonds is 3. The third-order valence-electron chi connectivity index (χ3n) is 3.16. The van der Waals surface area contributed by atoms with E-state index in [9.17, 15) is 9.59 Å². The molecule has 2 N–H and O–H groups in total. The smallest absolute Gasteiger partial charge is 0.327 e. The summed E-state index contributed by atoms with van der Waals surface area (Å²) in [6.45, 7) is 0.417. The largest absolute Gasteiger partial charge is 0.480 e. The number of amides is 2. The lowest BCUT2D eigenvalue weighted by Crippen LogP contribution is -2.51. The van der Waals surface area contributed by atoms with Crippen LogP contribution in [0.1, 0.15) is 5.56 Å². The van der Waals surface area contributed by atoms with Crippen LogP contribution in [0.15, 0.2) is 24.3 Å². The summed E-state index contributed by atoms with van der Waals surface area (Å²) < 4.78 is 0. The van der Waals surface area contributed by atoms with Crippen LogP contribution in [-0.2, 0) is 11.2 Å². The van der Waals surface area contributed by atoms with E-state index in [1.807, 2.05) is 0 Å². The topological polar surface area (TPSA) is 93.4 Å². The molecule has 7 heteroatoms. The lowest BCUT2D eigenvalue weighted by molar-refractivity contribution is -0.141. The van der Waals surface area contributed by atoms with E-state index in [0.717, 1.165) is 11.3 Å². The number of benzene rings is 1. The Balaban J connectivity index is 2.02. The Morgan fingerprint density at radius 3 is 2.76 bits per heavy atom. The highest BCUT2D eigenvalue weighted by Gasteiger charge is 2.32. The summed E-state index contributed by atoms with van der Waals surface area (Å²) in [6.07, 6.45) is 0.318. The molecule has 1 saturated heterocycles. The standard InChI is InChI=1S/C14H15N3O3S/c15-6-5-10-1-3-11(4-2-10)16-14(20)17-7-8-21-9-12(17)13(18)19/h1-4,12H,5,7-9H2,(H,16,20)(H,18,19). The molecule has 0 radical (unpaired) electrons. The average Bonchev–Trinajstić information content (AvgIpc) is 2.49. The lowest BCUT2D eigenvalue weighted by atomic mass is 10.1. The van der Waals surface area contributed by atoms with E-state index in [-0.39, 0.29) is 0 Å². The van der Waals surface area contributed by atoms with Gasteiger partial charge < -0.3 is 15.3 Å². The fraction of sp³-hybridized carbons (Fsp3) is 0.357. The molecular weight excluding hydrogens is 290 g/mol. The van der Waals surface area contributed by atoms with Crippen LogP contribution in [0.2, 0.25) is 0 Å². The maximum Gasteiger partial charge on any atom is 0.327 e. The van der Waals surface area contributed by atoms with Crippen LogP contribution in [0.5, 0.6) is 0 Å². The number of hydrogen-bond donors (Lipinski definition) is 2. The Labute approximate surface area is 126 Å². The molecule has 110 valence electrons. The first-order chi connectivity index (χ1) is 10.1. The Kier molecular flexibility index (Phi) is 5.06. The van der Waals surface area contributed by atoms with Crippen LogP contribution in [0.3, 0.4) is 0 Å². The van der Waals surface area contributed by atoms with E-state index in [1.165, 1.54) is 16.7 Å². The molecule has 1 aromatic carbocycles. The van der Waals surface area contributed by atoms with E-state index in [0.29, 0.717) is 24.4 Å². The number of nitrogens with one attached hydrogen (secondary N) is 1. The van der Waals surface area contributed by atoms with E-state index >= 15 is 0 Å². The molecule has 1 aromatic rings. The van der Waals surface area contributed by atoms with Crippen LogP contribution in [0.25, 0.3) is 0 Å². The zero-order valence-electron chi connectivity index (χ0n) is 11.3. The van der Waals surface area contributed by atoms with E-state index < -0.39 is 18.0 Å². The summed E-state index contributed by atoms with van der Waals surface area (Å²) >= 11 is 1.53. The molecule has 1 atom stereocenters. The molecule has 2 amide bonds. The zero-order valence-corrected chi connectivity index (χ0v) is 12.1. The number of nitriles is 1. The van der Waals surface area contributed by atoms with Crippen molar-refractivity contribution < 1.29 is 14.7 Å². The highest BCUT2D eigenvalue weighted by Crippen LogP contribution is 2.18. The van der Waals surface area contributed by atoms with Crippen molar-refractivity contribution in [2.24, 2.45) is 0 Å². The predicted molar refractivity (Wildman–Crippen MR) is 80.2 cm³/mol. The number of carbonyl (C=O) groups excluding carboxylic acids is 1. The van der Waals surface area contributed by atoms with Gasteiger partial charge in [0.15, 0.2) is 0 Å². The van der Waals surface area contributed by atoms with Gasteiger partial charge in [0.05, 0.1) is 12.5 Å². The van der Waals surface area contributed by atoms with Crippen molar-refractivity contribution in [3.63, 3.8) is 0 Å². The van der Waals surface area contributed by atoms with E-state index in [2.05, 4.69) is 11.4 Å². The van der Waals surface area contributed by atoms with Gasteiger partial charge in [-0.1, -0.05) is 12.1 Å². The number of thioether (sulfide) groups is 1. The number of aliphatic carboxylic acids is 1. The molecule has 6 nitrogen and oxygen atoms in total. The van der Waals surface area contributed by atoms with E-state index in [1.54, 1.807) is 24.3 Å². The number of carboxylic acids is 1. The monoisotopic (exact) mass is 305 g/mol. The van der Waals surface area contributed by atoms with Gasteiger partial charge in [-0.15, -0.1) is 0 Å². The fourth-order valence-corrected chi connectivity index (χ4v) is 3.08. The molecule has 1 aliphatic rings. The van der Waals surface area contributed by atoms with Gasteiger partial charge in [-0.05, 0) is 17.7 Å². The van der Waals surface area contributed by atoms with Crippen molar-refractivity contribution in [3.8, 4) is 6.07 Å². The summed E-state index contributed by atoms with van der Waals surface area (Å²) in [5.41, 5.74) is 1.46. The molecule has 1 aliphatic heterocycles. The summed E-state index contributed by atoms with van der Waals surface area (Å²) in [5.74, 6) is 0.157. The van der Waals surface area contributed by atoms with Crippen molar-refractivity contribution in [2.75, 3.05) is 23.4 Å². The van der Waals surface area contributed by atoms with Crippen LogP contribution in [0.4, 0.5) is 10.5 Å². The molecule has 0 bridgehead atoms. The normalized spacial score (nSPS) is 17.9. The summed E-state index contributed by atoms with van der Waals surface area (Å²) in [4.78, 5) is 24.7. The maximum absolute atomic E-state index is 12.2. The number of urea groups is 1. The van der Waals surface area contributed by atoms with Crippen molar-refractivity contribution in [1.29, 1.82) is 5.26 Å². The molecule has 0 spiro atoms. The first-order valence-electron chi connectivity index (χ1n) is 6.46. The first-order valence-corrected chi connectivity index (χ1v) is 7.61. The number of anilines is 1. The second kappa shape index (κ2) is 6.99. The van der Waals surface area contributed by atoms with Gasteiger partial charge in [0.1, 0.15) is 6.04 Å². The van der Waals surface area contributed by atoms with Crippen molar-refractivity contribution in [3.05, 3.63) is 29.8 Å². The second-order valence-electron chi connectivity index (χ2n) is 4.58. The molecule has 2 rings (SSSR count). The fourth-order valence-electron chi connectivity index (χ4n) is 2.04. The van der Waals surface area contributed by atoms with Crippen molar-refractivity contribution in [1.82, 2.24) is 4.90 Å². The summed E-state index contributed by atoms with van der Waals surface area (Å²) in [6, 6.07) is 7.80. The highest BCUT2D eigenvalue weighted by atomic mass is 32.2. The molecule has 21 heavy (non-hydrogen) atoms. The van der Waals surface area contributed by atoms with Gasteiger partial charge >= 0.3 is 12.0 Å². The first kappa shape index (κ1) is 15.2. The maximum atomic E-state index is 12.2. The third kappa shape index (κ3) is 3.89. The number of carbonyl (C=O) groups is 2. The molecule has 0 aliphatic carbocycles. The van der Waals surface area contributed by atoms with Crippen molar-refractivity contribution >= 4 is 29.4 Å². The molecular formula is C14H15N3O3S. The van der Waals surface area contributed by atoms with Gasteiger partial charge in [-0.25, -0.2) is 9.59 Å². The Bertz CT molecular complexity index is 568. The van der Waals surface area contributed by atoms with Gasteiger partial charge in [0.25, 0.3) is 0 Å². The predicted octanol–water partition coefficient (Wildman–Crippen LogP) is 1.79. The quantitative estimate of drug-likeness (QED) is 0.888. The molecule has 0 saturated carbocycles. The minimum atomic E-state index is -0.985. The van der Waals surface area contributed by atoms with Crippen LogP contribution in [0, 0.1) is 11.3 Å². The lowest BCUT2D eigenvalue weighted by Gasteiger charge is -2.32. The van der Waals surface area contributed by atoms with Gasteiger partial charge in [0.2, 0.25) is 0 Å². The van der Waals surface area contributed by atoms with E-state index in [4.69, 9.17) is 10.4 Å². The zero-order chi connectivity index (χ0) is 15.2. The Hall–Kier alpha value is -2.20. The summed E-state index contributed by atoms with van der Waals surface area (Å²) in [7, 11) is 0. The van der Waals surface area contributed by atoms with Gasteiger partial charge in [0, 0.05) is 23.7 Å². The van der Waals surface area contributed by atoms with Gasteiger partial charge in [-0.2, -0.15) is 17.0 Å². The van der Waals surface area contributed by atoms with Crippen LogP contribution < -0.4 is 5.32 Å². The highest BCUT2D eigenvalue weighted by molar-refractivity contribution is 7.99. The summed E-state index contributed by atoms with van der Waals surface area (Å²) in [5, 5.41) is 20.5. The third-order valence-corrected chi connectivity index (χ3v) is 4.19. The average molecular weight is 305 g/mol. The Morgan fingerprint density at radius 1 is 1.43 bits per heavy atom. The molecule has 1 unspecified atom stereocenters. The SMILES string of the molecule is N#CCc1ccc(NC(=O)N2CCSCC2C(=O)O)cc1. The number of hydrogen-bond acceptors (Lipinski definition) is 4. The molecule has 1 heterocycles. The molecule has 0 aromatic heterocycles. The van der Waals surface area contributed by atoms with Gasteiger partial charge in [-0.3, -0.25) is 0 Å². The number of nitrogens with zero attached hydrogens (tertiary/aromatic N) is 2.